The summed E-state index contributed by atoms with van der Waals surface area (Å²) in [6.45, 7) is 0. The molecular formula is C13H10N2O3. The number of benzene rings is 1. The van der Waals surface area contributed by atoms with E-state index in [0.29, 0.717) is 16.5 Å². The fraction of sp³-hybridized carbons (Fsp3) is 0.0769. The van der Waals surface area contributed by atoms with Crippen molar-refractivity contribution in [2.24, 2.45) is 0 Å². The Bertz CT molecular complexity index is 814. The Morgan fingerprint density at radius 2 is 2.06 bits per heavy atom. The number of para-hydroxylation sites is 1. The minimum Gasteiger partial charge on any atom is -0.465 e. The molecule has 2 aromatic heterocycles. The zero-order valence-electron chi connectivity index (χ0n) is 9.61. The number of rotatable bonds is 1. The molecule has 0 saturated carbocycles. The molecule has 0 radical (unpaired) electrons. The highest BCUT2D eigenvalue weighted by Crippen LogP contribution is 2.26. The van der Waals surface area contributed by atoms with Gasteiger partial charge in [-0.2, -0.15) is 0 Å². The highest BCUT2D eigenvalue weighted by Gasteiger charge is 2.16. The number of carbonyl (C=O) groups excluding carboxylic acids is 1. The molecule has 90 valence electrons. The van der Waals surface area contributed by atoms with Crippen molar-refractivity contribution in [2.45, 2.75) is 0 Å². The van der Waals surface area contributed by atoms with Crippen LogP contribution >= 0.6 is 0 Å². The number of pyridine rings is 1. The molecule has 0 aliphatic heterocycles. The van der Waals surface area contributed by atoms with Crippen LogP contribution in [0.1, 0.15) is 10.4 Å². The fourth-order valence-corrected chi connectivity index (χ4v) is 2.15. The van der Waals surface area contributed by atoms with E-state index in [1.807, 2.05) is 24.3 Å². The molecule has 5 nitrogen and oxygen atoms in total. The number of hydrogen-bond acceptors (Lipinski definition) is 3. The normalized spacial score (nSPS) is 10.9. The third-order valence-electron chi connectivity index (χ3n) is 2.96. The quantitative estimate of drug-likeness (QED) is 0.639. The fourth-order valence-electron chi connectivity index (χ4n) is 2.15. The maximum atomic E-state index is 11.8. The Morgan fingerprint density at radius 3 is 2.83 bits per heavy atom. The van der Waals surface area contributed by atoms with Gasteiger partial charge in [0.05, 0.1) is 12.7 Å². The van der Waals surface area contributed by atoms with Crippen LogP contribution in [-0.2, 0) is 4.74 Å². The molecule has 0 spiro atoms. The molecule has 0 atom stereocenters. The van der Waals surface area contributed by atoms with E-state index < -0.39 is 5.97 Å². The number of ether oxygens (including phenoxy) is 1. The minimum absolute atomic E-state index is 0.256. The maximum absolute atomic E-state index is 11.8. The summed E-state index contributed by atoms with van der Waals surface area (Å²) in [6.07, 6.45) is 1.39. The largest absolute Gasteiger partial charge is 0.465 e. The monoisotopic (exact) mass is 242 g/mol. The van der Waals surface area contributed by atoms with Gasteiger partial charge in [0.1, 0.15) is 5.52 Å². The third kappa shape index (κ3) is 1.34. The Kier molecular flexibility index (Phi) is 2.19. The lowest BCUT2D eigenvalue weighted by atomic mass is 10.1. The number of aromatic amines is 2. The van der Waals surface area contributed by atoms with Gasteiger partial charge in [-0.1, -0.05) is 18.2 Å². The van der Waals surface area contributed by atoms with Gasteiger partial charge in [0, 0.05) is 22.5 Å². The lowest BCUT2D eigenvalue weighted by Gasteiger charge is -2.00. The van der Waals surface area contributed by atoms with E-state index >= 15 is 0 Å². The third-order valence-corrected chi connectivity index (χ3v) is 2.96. The predicted molar refractivity (Wildman–Crippen MR) is 67.8 cm³/mol. The van der Waals surface area contributed by atoms with Crippen molar-refractivity contribution in [3.8, 4) is 0 Å². The molecule has 5 heteroatoms. The molecule has 0 saturated heterocycles. The molecule has 0 fully saturated rings. The molecule has 2 heterocycles. The Balaban J connectivity index is 2.56. The van der Waals surface area contributed by atoms with Crippen LogP contribution in [0.4, 0.5) is 0 Å². The van der Waals surface area contributed by atoms with Gasteiger partial charge >= 0.3 is 5.97 Å². The number of hydrogen-bond donors (Lipinski definition) is 2. The summed E-state index contributed by atoms with van der Waals surface area (Å²) < 4.78 is 4.73. The second kappa shape index (κ2) is 3.73. The molecule has 2 N–H and O–H groups in total. The van der Waals surface area contributed by atoms with Crippen molar-refractivity contribution in [2.75, 3.05) is 7.11 Å². The summed E-state index contributed by atoms with van der Waals surface area (Å²) in [5.74, 6) is -0.471. The Labute approximate surface area is 101 Å². The minimum atomic E-state index is -0.471. The van der Waals surface area contributed by atoms with Crippen LogP contribution in [0.5, 0.6) is 0 Å². The molecule has 3 rings (SSSR count). The van der Waals surface area contributed by atoms with Crippen LogP contribution < -0.4 is 5.56 Å². The van der Waals surface area contributed by atoms with E-state index in [9.17, 15) is 9.59 Å². The van der Waals surface area contributed by atoms with Crippen molar-refractivity contribution in [1.82, 2.24) is 9.97 Å². The van der Waals surface area contributed by atoms with Gasteiger partial charge < -0.3 is 14.7 Å². The lowest BCUT2D eigenvalue weighted by Crippen LogP contribution is -2.10. The van der Waals surface area contributed by atoms with Gasteiger partial charge in [-0.3, -0.25) is 4.79 Å². The molecule has 0 aliphatic carbocycles. The number of fused-ring (bicyclic) bond motifs is 3. The van der Waals surface area contributed by atoms with Crippen LogP contribution in [-0.4, -0.2) is 23.0 Å². The van der Waals surface area contributed by atoms with E-state index in [1.165, 1.54) is 13.3 Å². The van der Waals surface area contributed by atoms with E-state index in [2.05, 4.69) is 9.97 Å². The van der Waals surface area contributed by atoms with Gasteiger partial charge in [-0.15, -0.1) is 0 Å². The van der Waals surface area contributed by atoms with E-state index in [1.54, 1.807) is 0 Å². The molecule has 18 heavy (non-hydrogen) atoms. The first-order valence-electron chi connectivity index (χ1n) is 5.43. The first-order chi connectivity index (χ1) is 8.72. The Morgan fingerprint density at radius 1 is 1.28 bits per heavy atom. The molecule has 3 aromatic rings. The topological polar surface area (TPSA) is 75.0 Å². The van der Waals surface area contributed by atoms with E-state index in [-0.39, 0.29) is 5.56 Å². The number of carbonyl (C=O) groups is 1. The predicted octanol–water partition coefficient (Wildman–Crippen LogP) is 1.80. The lowest BCUT2D eigenvalue weighted by molar-refractivity contribution is 0.0602. The van der Waals surface area contributed by atoms with E-state index in [4.69, 9.17) is 4.74 Å². The number of H-pyrrole nitrogens is 2. The second-order valence-corrected chi connectivity index (χ2v) is 3.94. The van der Waals surface area contributed by atoms with Gasteiger partial charge in [-0.25, -0.2) is 4.79 Å². The summed E-state index contributed by atoms with van der Waals surface area (Å²) in [4.78, 5) is 29.0. The van der Waals surface area contributed by atoms with Crippen molar-refractivity contribution in [1.29, 1.82) is 0 Å². The zero-order valence-corrected chi connectivity index (χ0v) is 9.61. The van der Waals surface area contributed by atoms with Crippen LogP contribution in [0.3, 0.4) is 0 Å². The van der Waals surface area contributed by atoms with Crippen molar-refractivity contribution in [3.05, 3.63) is 46.4 Å². The first-order valence-corrected chi connectivity index (χ1v) is 5.43. The average Bonchev–Trinajstić information content (AvgIpc) is 2.79. The van der Waals surface area contributed by atoms with E-state index in [0.717, 1.165) is 10.9 Å². The zero-order chi connectivity index (χ0) is 12.7. The second-order valence-electron chi connectivity index (χ2n) is 3.94. The SMILES string of the molecule is COC(=O)c1c[nH]c(=O)c2[nH]c3ccccc3c12. The van der Waals surface area contributed by atoms with Gasteiger partial charge in [-0.05, 0) is 6.07 Å². The molecular weight excluding hydrogens is 232 g/mol. The molecule has 1 aromatic carbocycles. The summed E-state index contributed by atoms with van der Waals surface area (Å²) >= 11 is 0. The summed E-state index contributed by atoms with van der Waals surface area (Å²) in [5, 5.41) is 1.43. The first kappa shape index (κ1) is 10.6. The average molecular weight is 242 g/mol. The van der Waals surface area contributed by atoms with Crippen LogP contribution in [0.25, 0.3) is 21.8 Å². The standard InChI is InChI=1S/C13H10N2O3/c1-18-13(17)8-6-14-12(16)11-10(8)7-4-2-3-5-9(7)15-11/h2-6,15H,1H3,(H,14,16). The number of nitrogens with one attached hydrogen (secondary N) is 2. The molecule has 0 amide bonds. The van der Waals surface area contributed by atoms with Gasteiger partial charge in [0.15, 0.2) is 0 Å². The van der Waals surface area contributed by atoms with Crippen LogP contribution in [0.15, 0.2) is 35.3 Å². The summed E-state index contributed by atoms with van der Waals surface area (Å²) in [6, 6.07) is 7.44. The van der Waals surface area contributed by atoms with Gasteiger partial charge in [0.25, 0.3) is 5.56 Å². The van der Waals surface area contributed by atoms with Crippen LogP contribution in [0.2, 0.25) is 0 Å². The number of methoxy groups -OCH3 is 1. The van der Waals surface area contributed by atoms with Crippen LogP contribution in [0, 0.1) is 0 Å². The van der Waals surface area contributed by atoms with Crippen molar-refractivity contribution < 1.29 is 9.53 Å². The Hall–Kier alpha value is -2.56. The summed E-state index contributed by atoms with van der Waals surface area (Å²) in [7, 11) is 1.31. The number of aromatic nitrogens is 2. The molecule has 0 unspecified atom stereocenters. The summed E-state index contributed by atoms with van der Waals surface area (Å²) in [5.41, 5.74) is 1.30. The van der Waals surface area contributed by atoms with Gasteiger partial charge in [0.2, 0.25) is 0 Å². The smallest absolute Gasteiger partial charge is 0.340 e. The van der Waals surface area contributed by atoms with Crippen molar-refractivity contribution >= 4 is 27.8 Å². The molecule has 0 bridgehead atoms. The maximum Gasteiger partial charge on any atom is 0.340 e. The highest BCUT2D eigenvalue weighted by molar-refractivity contribution is 6.15. The number of esters is 1. The highest BCUT2D eigenvalue weighted by atomic mass is 16.5. The molecule has 0 aliphatic rings. The van der Waals surface area contributed by atoms with Crippen molar-refractivity contribution in [3.63, 3.8) is 0 Å².